The van der Waals surface area contributed by atoms with Gasteiger partial charge in [-0.1, -0.05) is 29.8 Å². The minimum atomic E-state index is -0.963. The van der Waals surface area contributed by atoms with Gasteiger partial charge in [0.1, 0.15) is 23.4 Å². The van der Waals surface area contributed by atoms with Crippen LogP contribution in [0.1, 0.15) is 16.8 Å². The predicted molar refractivity (Wildman–Crippen MR) is 137 cm³/mol. The number of nitrogens with zero attached hydrogens (tertiary/aromatic N) is 1. The van der Waals surface area contributed by atoms with Crippen LogP contribution >= 0.6 is 0 Å². The zero-order chi connectivity index (χ0) is 26.0. The van der Waals surface area contributed by atoms with Gasteiger partial charge in [0.05, 0.1) is 31.7 Å². The second kappa shape index (κ2) is 12.5. The molecule has 9 heteroatoms. The van der Waals surface area contributed by atoms with Crippen molar-refractivity contribution in [3.8, 4) is 11.5 Å². The van der Waals surface area contributed by atoms with Crippen molar-refractivity contribution < 1.29 is 23.5 Å². The molecule has 0 unspecified atom stereocenters. The molecule has 1 atom stereocenters. The number of hydrogen-bond donors (Lipinski definition) is 3. The summed E-state index contributed by atoms with van der Waals surface area (Å²) in [5.74, 6) is 0.164. The van der Waals surface area contributed by atoms with Crippen molar-refractivity contribution in [2.75, 3.05) is 11.9 Å². The number of anilines is 1. The van der Waals surface area contributed by atoms with Gasteiger partial charge in [0.2, 0.25) is 11.8 Å². The van der Waals surface area contributed by atoms with Crippen LogP contribution in [0, 0.1) is 12.7 Å². The highest BCUT2D eigenvalue weighted by atomic mass is 19.1. The van der Waals surface area contributed by atoms with Gasteiger partial charge >= 0.3 is 0 Å². The molecule has 3 aromatic carbocycles. The third-order valence-electron chi connectivity index (χ3n) is 5.39. The van der Waals surface area contributed by atoms with Gasteiger partial charge < -0.3 is 25.1 Å². The molecule has 190 valence electrons. The molecule has 0 aliphatic heterocycles. The first-order valence-electron chi connectivity index (χ1n) is 11.7. The Bertz CT molecular complexity index is 1290. The van der Waals surface area contributed by atoms with E-state index < -0.39 is 11.9 Å². The highest BCUT2D eigenvalue weighted by molar-refractivity contribution is 5.97. The Morgan fingerprint density at radius 2 is 1.65 bits per heavy atom. The second-order valence-corrected chi connectivity index (χ2v) is 8.43. The number of halogens is 1. The molecule has 0 aliphatic carbocycles. The Kier molecular flexibility index (Phi) is 8.62. The van der Waals surface area contributed by atoms with E-state index >= 15 is 0 Å². The zero-order valence-corrected chi connectivity index (χ0v) is 20.2. The maximum absolute atomic E-state index is 13.1. The van der Waals surface area contributed by atoms with Crippen molar-refractivity contribution >= 4 is 17.5 Å². The third-order valence-corrected chi connectivity index (χ3v) is 5.39. The first-order valence-corrected chi connectivity index (χ1v) is 11.7. The highest BCUT2D eigenvalue weighted by Gasteiger charge is 2.22. The molecule has 3 N–H and O–H groups in total. The fraction of sp³-hybridized carbons (Fsp3) is 0.179. The summed E-state index contributed by atoms with van der Waals surface area (Å²) in [6, 6.07) is 19.5. The summed E-state index contributed by atoms with van der Waals surface area (Å²) in [6.45, 7) is 2.08. The molecular formula is C28H27FN4O4. The monoisotopic (exact) mass is 502 g/mol. The lowest BCUT2D eigenvalue weighted by Crippen LogP contribution is -2.47. The number of carbonyl (C=O) groups excluding carboxylic acids is 2. The van der Waals surface area contributed by atoms with E-state index in [9.17, 15) is 14.0 Å². The summed E-state index contributed by atoms with van der Waals surface area (Å²) in [7, 11) is 0. The van der Waals surface area contributed by atoms with Gasteiger partial charge in [-0.15, -0.1) is 0 Å². The average Bonchev–Trinajstić information content (AvgIpc) is 3.40. The number of imidazole rings is 1. The summed E-state index contributed by atoms with van der Waals surface area (Å²) in [5.41, 5.74) is 2.96. The minimum absolute atomic E-state index is 0.0102. The average molecular weight is 503 g/mol. The minimum Gasteiger partial charge on any atom is -0.457 e. The number of H-pyrrole nitrogens is 1. The summed E-state index contributed by atoms with van der Waals surface area (Å²) < 4.78 is 24.6. The number of hydrogen-bond acceptors (Lipinski definition) is 5. The van der Waals surface area contributed by atoms with Crippen molar-refractivity contribution in [2.24, 2.45) is 0 Å². The Balaban J connectivity index is 1.37. The maximum Gasteiger partial charge on any atom is 0.249 e. The molecule has 4 rings (SSSR count). The topological polar surface area (TPSA) is 105 Å². The Hall–Kier alpha value is -4.50. The number of aromatic amines is 1. The van der Waals surface area contributed by atoms with Crippen molar-refractivity contribution in [2.45, 2.75) is 26.0 Å². The van der Waals surface area contributed by atoms with Crippen LogP contribution in [-0.4, -0.2) is 34.4 Å². The zero-order valence-electron chi connectivity index (χ0n) is 20.2. The molecule has 1 heterocycles. The number of rotatable bonds is 11. The lowest BCUT2D eigenvalue weighted by atomic mass is 10.2. The van der Waals surface area contributed by atoms with Gasteiger partial charge in [0.25, 0.3) is 0 Å². The standard InChI is InChI=1S/C28H27FN4O4/c1-19-2-10-24(11-3-19)37-25-12-8-22(9-13-25)32-28(35)26(33-27(34)14-23-15-30-18-31-23)17-36-16-20-4-6-21(29)7-5-20/h2-13,15,18,26H,14,16-17H2,1H3,(H,30,31)(H,32,35)(H,33,34)/t26-/m0/s1. The number of nitrogens with one attached hydrogen (secondary N) is 3. The van der Waals surface area contributed by atoms with Gasteiger partial charge in [0.15, 0.2) is 0 Å². The molecule has 0 saturated carbocycles. The number of aryl methyl sites for hydroxylation is 1. The van der Waals surface area contributed by atoms with Crippen LogP contribution in [-0.2, 0) is 27.4 Å². The first-order chi connectivity index (χ1) is 17.9. The lowest BCUT2D eigenvalue weighted by Gasteiger charge is -2.19. The number of amides is 2. The molecule has 0 fully saturated rings. The number of ether oxygens (including phenoxy) is 2. The molecule has 0 aliphatic rings. The fourth-order valence-electron chi connectivity index (χ4n) is 3.43. The summed E-state index contributed by atoms with van der Waals surface area (Å²) >= 11 is 0. The molecule has 1 aromatic heterocycles. The molecule has 8 nitrogen and oxygen atoms in total. The van der Waals surface area contributed by atoms with Crippen LogP contribution < -0.4 is 15.4 Å². The molecule has 0 spiro atoms. The summed E-state index contributed by atoms with van der Waals surface area (Å²) in [5, 5.41) is 5.51. The van der Waals surface area contributed by atoms with E-state index in [4.69, 9.17) is 9.47 Å². The quantitative estimate of drug-likeness (QED) is 0.279. The van der Waals surface area contributed by atoms with Crippen LogP contribution in [0.15, 0.2) is 85.3 Å². The molecule has 0 radical (unpaired) electrons. The van der Waals surface area contributed by atoms with Gasteiger partial charge in [-0.25, -0.2) is 9.37 Å². The van der Waals surface area contributed by atoms with Gasteiger partial charge in [-0.05, 0) is 61.0 Å². The van der Waals surface area contributed by atoms with Crippen molar-refractivity contribution in [1.82, 2.24) is 15.3 Å². The van der Waals surface area contributed by atoms with E-state index in [2.05, 4.69) is 20.6 Å². The smallest absolute Gasteiger partial charge is 0.249 e. The van der Waals surface area contributed by atoms with Crippen molar-refractivity contribution in [3.05, 3.63) is 108 Å². The number of benzene rings is 3. The Labute approximate surface area is 213 Å². The molecule has 37 heavy (non-hydrogen) atoms. The molecule has 2 amide bonds. The Morgan fingerprint density at radius 1 is 0.973 bits per heavy atom. The molecular weight excluding hydrogens is 475 g/mol. The normalized spacial score (nSPS) is 11.5. The first kappa shape index (κ1) is 25.6. The summed E-state index contributed by atoms with van der Waals surface area (Å²) in [4.78, 5) is 32.4. The van der Waals surface area contributed by atoms with Gasteiger partial charge in [0, 0.05) is 11.9 Å². The van der Waals surface area contributed by atoms with E-state index in [1.807, 2.05) is 31.2 Å². The van der Waals surface area contributed by atoms with Crippen LogP contribution in [0.4, 0.5) is 10.1 Å². The lowest BCUT2D eigenvalue weighted by molar-refractivity contribution is -0.127. The van der Waals surface area contributed by atoms with E-state index in [0.29, 0.717) is 22.9 Å². The van der Waals surface area contributed by atoms with Crippen molar-refractivity contribution in [3.63, 3.8) is 0 Å². The van der Waals surface area contributed by atoms with Crippen LogP contribution in [0.2, 0.25) is 0 Å². The maximum atomic E-state index is 13.1. The van der Waals surface area contributed by atoms with E-state index in [0.717, 1.165) is 11.1 Å². The van der Waals surface area contributed by atoms with Gasteiger partial charge in [-0.3, -0.25) is 9.59 Å². The number of aromatic nitrogens is 2. The van der Waals surface area contributed by atoms with Crippen LogP contribution in [0.25, 0.3) is 0 Å². The summed E-state index contributed by atoms with van der Waals surface area (Å²) in [6.07, 6.45) is 3.10. The molecule has 0 bridgehead atoms. The number of carbonyl (C=O) groups is 2. The van der Waals surface area contributed by atoms with Crippen LogP contribution in [0.3, 0.4) is 0 Å². The predicted octanol–water partition coefficient (Wildman–Crippen LogP) is 4.53. The largest absolute Gasteiger partial charge is 0.457 e. The van der Waals surface area contributed by atoms with E-state index in [1.54, 1.807) is 42.6 Å². The molecule has 0 saturated heterocycles. The third kappa shape index (κ3) is 8.01. The van der Waals surface area contributed by atoms with Gasteiger partial charge in [-0.2, -0.15) is 0 Å². The SMILES string of the molecule is Cc1ccc(Oc2ccc(NC(=O)[C@H](COCc3ccc(F)cc3)NC(=O)Cc3c[nH]cn3)cc2)cc1. The highest BCUT2D eigenvalue weighted by Crippen LogP contribution is 2.23. The second-order valence-electron chi connectivity index (χ2n) is 8.43. The van der Waals surface area contributed by atoms with Crippen LogP contribution in [0.5, 0.6) is 11.5 Å². The fourth-order valence-corrected chi connectivity index (χ4v) is 3.43. The van der Waals surface area contributed by atoms with E-state index in [1.165, 1.54) is 18.5 Å². The Morgan fingerprint density at radius 3 is 2.30 bits per heavy atom. The van der Waals surface area contributed by atoms with E-state index in [-0.39, 0.29) is 31.4 Å². The molecule has 4 aromatic rings. The van der Waals surface area contributed by atoms with Crippen molar-refractivity contribution in [1.29, 1.82) is 0 Å².